The molecule has 2 nitrogen and oxygen atoms in total. The molecule has 0 heterocycles. The van der Waals surface area contributed by atoms with Gasteiger partial charge in [-0.25, -0.2) is 0 Å². The van der Waals surface area contributed by atoms with Gasteiger partial charge in [0.05, 0.1) is 5.56 Å². The van der Waals surface area contributed by atoms with Crippen LogP contribution in [0.2, 0.25) is 0 Å². The number of rotatable bonds is 3. The molecule has 0 aliphatic rings. The maximum atomic E-state index is 12.3. The minimum absolute atomic E-state index is 0.257. The molecular formula is C12H11F3O2. The highest BCUT2D eigenvalue weighted by atomic mass is 19.4. The Morgan fingerprint density at radius 1 is 1.24 bits per heavy atom. The third-order valence-corrected chi connectivity index (χ3v) is 2.66. The minimum atomic E-state index is -4.42. The molecule has 0 saturated heterocycles. The van der Waals surface area contributed by atoms with Crippen LogP contribution in [0.3, 0.4) is 0 Å². The summed E-state index contributed by atoms with van der Waals surface area (Å²) in [5.41, 5.74) is -1.93. The molecule has 0 fully saturated rings. The van der Waals surface area contributed by atoms with Crippen molar-refractivity contribution in [3.63, 3.8) is 0 Å². The highest BCUT2D eigenvalue weighted by molar-refractivity contribution is 5.83. The van der Waals surface area contributed by atoms with Gasteiger partial charge in [-0.2, -0.15) is 13.2 Å². The summed E-state index contributed by atoms with van der Waals surface area (Å²) in [6.45, 7) is 4.78. The van der Waals surface area contributed by atoms with E-state index in [0.717, 1.165) is 24.3 Å². The number of halogens is 3. The Balaban J connectivity index is 3.19. The first-order valence-electron chi connectivity index (χ1n) is 4.76. The fourth-order valence-corrected chi connectivity index (χ4v) is 1.33. The van der Waals surface area contributed by atoms with Crippen LogP contribution >= 0.6 is 0 Å². The van der Waals surface area contributed by atoms with Gasteiger partial charge in [0.2, 0.25) is 0 Å². The predicted molar refractivity (Wildman–Crippen MR) is 56.6 cm³/mol. The number of carbonyl (C=O) groups is 1. The van der Waals surface area contributed by atoms with Gasteiger partial charge >= 0.3 is 12.1 Å². The summed E-state index contributed by atoms with van der Waals surface area (Å²) in [5.74, 6) is -1.16. The Kier molecular flexibility index (Phi) is 3.31. The van der Waals surface area contributed by atoms with E-state index in [4.69, 9.17) is 5.11 Å². The Hall–Kier alpha value is -1.78. The van der Waals surface area contributed by atoms with Crippen molar-refractivity contribution in [3.05, 3.63) is 48.0 Å². The second-order valence-corrected chi connectivity index (χ2v) is 3.79. The van der Waals surface area contributed by atoms with E-state index in [1.54, 1.807) is 0 Å². The normalized spacial score (nSPS) is 15.1. The van der Waals surface area contributed by atoms with Crippen LogP contribution in [0.4, 0.5) is 13.2 Å². The van der Waals surface area contributed by atoms with Gasteiger partial charge in [0.25, 0.3) is 0 Å². The maximum Gasteiger partial charge on any atom is 0.416 e. The van der Waals surface area contributed by atoms with Crippen molar-refractivity contribution in [2.24, 2.45) is 0 Å². The molecule has 0 radical (unpaired) electrons. The Morgan fingerprint density at radius 3 is 1.94 bits per heavy atom. The number of aliphatic carboxylic acids is 1. The second-order valence-electron chi connectivity index (χ2n) is 3.79. The van der Waals surface area contributed by atoms with Gasteiger partial charge in [-0.05, 0) is 24.6 Å². The van der Waals surface area contributed by atoms with Crippen LogP contribution in [0.1, 0.15) is 18.1 Å². The average molecular weight is 244 g/mol. The van der Waals surface area contributed by atoms with E-state index in [1.165, 1.54) is 13.0 Å². The van der Waals surface area contributed by atoms with Gasteiger partial charge in [0.1, 0.15) is 5.41 Å². The summed E-state index contributed by atoms with van der Waals surface area (Å²) < 4.78 is 37.0. The van der Waals surface area contributed by atoms with Crippen molar-refractivity contribution in [2.75, 3.05) is 0 Å². The maximum absolute atomic E-state index is 12.3. The highest BCUT2D eigenvalue weighted by Crippen LogP contribution is 2.32. The second kappa shape index (κ2) is 4.24. The third-order valence-electron chi connectivity index (χ3n) is 2.66. The Morgan fingerprint density at radius 2 is 1.65 bits per heavy atom. The molecule has 0 spiro atoms. The average Bonchev–Trinajstić information content (AvgIpc) is 2.26. The molecule has 0 amide bonds. The largest absolute Gasteiger partial charge is 0.480 e. The molecule has 0 aliphatic carbocycles. The quantitative estimate of drug-likeness (QED) is 0.829. The van der Waals surface area contributed by atoms with Gasteiger partial charge in [0.15, 0.2) is 0 Å². The van der Waals surface area contributed by atoms with Crippen molar-refractivity contribution in [2.45, 2.75) is 18.5 Å². The fraction of sp³-hybridized carbons (Fsp3) is 0.250. The van der Waals surface area contributed by atoms with Crippen LogP contribution in [0.25, 0.3) is 0 Å². The first-order valence-corrected chi connectivity index (χ1v) is 4.76. The van der Waals surface area contributed by atoms with Crippen LogP contribution in [-0.4, -0.2) is 11.1 Å². The van der Waals surface area contributed by atoms with Crippen molar-refractivity contribution >= 4 is 5.97 Å². The molecule has 17 heavy (non-hydrogen) atoms. The van der Waals surface area contributed by atoms with Crippen molar-refractivity contribution in [3.8, 4) is 0 Å². The van der Waals surface area contributed by atoms with Gasteiger partial charge in [0, 0.05) is 0 Å². The van der Waals surface area contributed by atoms with E-state index < -0.39 is 23.1 Å². The van der Waals surface area contributed by atoms with E-state index in [0.29, 0.717) is 0 Å². The first-order chi connectivity index (χ1) is 7.71. The van der Waals surface area contributed by atoms with Crippen LogP contribution in [0.15, 0.2) is 36.9 Å². The smallest absolute Gasteiger partial charge is 0.416 e. The topological polar surface area (TPSA) is 37.3 Å². The van der Waals surface area contributed by atoms with E-state index in [9.17, 15) is 18.0 Å². The predicted octanol–water partition coefficient (Wildman–Crippen LogP) is 3.23. The number of carboxylic acid groups (broad SMARTS) is 1. The van der Waals surface area contributed by atoms with Crippen molar-refractivity contribution in [1.82, 2.24) is 0 Å². The van der Waals surface area contributed by atoms with Gasteiger partial charge in [-0.1, -0.05) is 18.2 Å². The zero-order chi connectivity index (χ0) is 13.3. The van der Waals surface area contributed by atoms with Crippen molar-refractivity contribution < 1.29 is 23.1 Å². The molecule has 0 bridgehead atoms. The van der Waals surface area contributed by atoms with Crippen LogP contribution in [0, 0.1) is 0 Å². The number of hydrogen-bond donors (Lipinski definition) is 1. The lowest BCUT2D eigenvalue weighted by Gasteiger charge is -2.21. The lowest BCUT2D eigenvalue weighted by Crippen LogP contribution is -2.29. The summed E-state index contributed by atoms with van der Waals surface area (Å²) in [4.78, 5) is 11.0. The minimum Gasteiger partial charge on any atom is -0.480 e. The molecule has 1 aromatic rings. The SMILES string of the molecule is C=C[C@](C)(C(=O)O)c1ccc(C(F)(F)F)cc1. The van der Waals surface area contributed by atoms with E-state index >= 15 is 0 Å². The molecule has 0 saturated carbocycles. The lowest BCUT2D eigenvalue weighted by molar-refractivity contribution is -0.141. The molecule has 0 aromatic heterocycles. The van der Waals surface area contributed by atoms with Gasteiger partial charge < -0.3 is 5.11 Å². The molecule has 0 unspecified atom stereocenters. The zero-order valence-corrected chi connectivity index (χ0v) is 9.08. The lowest BCUT2D eigenvalue weighted by atomic mass is 9.82. The summed E-state index contributed by atoms with van der Waals surface area (Å²) in [6.07, 6.45) is -3.23. The summed E-state index contributed by atoms with van der Waals surface area (Å²) in [7, 11) is 0. The van der Waals surface area contributed by atoms with Gasteiger partial charge in [-0.3, -0.25) is 4.79 Å². The Labute approximate surface area is 96.4 Å². The molecule has 0 aliphatic heterocycles. The zero-order valence-electron chi connectivity index (χ0n) is 9.08. The molecule has 1 atom stereocenters. The summed E-state index contributed by atoms with van der Waals surface area (Å²) in [5, 5.41) is 9.02. The number of benzene rings is 1. The molecule has 1 N–H and O–H groups in total. The van der Waals surface area contributed by atoms with Crippen LogP contribution in [0.5, 0.6) is 0 Å². The van der Waals surface area contributed by atoms with Crippen LogP contribution < -0.4 is 0 Å². The molecule has 1 rings (SSSR count). The first kappa shape index (κ1) is 13.3. The van der Waals surface area contributed by atoms with E-state index in [-0.39, 0.29) is 5.56 Å². The van der Waals surface area contributed by atoms with E-state index in [1.807, 2.05) is 0 Å². The fourth-order valence-electron chi connectivity index (χ4n) is 1.33. The van der Waals surface area contributed by atoms with E-state index in [2.05, 4.69) is 6.58 Å². The summed E-state index contributed by atoms with van der Waals surface area (Å²) in [6, 6.07) is 4.03. The van der Waals surface area contributed by atoms with Crippen LogP contribution in [-0.2, 0) is 16.4 Å². The standard InChI is InChI=1S/C12H11F3O2/c1-3-11(2,10(16)17)8-4-6-9(7-5-8)12(13,14)15/h3-7H,1H2,2H3,(H,16,17)/t11-/m0/s1. The summed E-state index contributed by atoms with van der Waals surface area (Å²) >= 11 is 0. The number of hydrogen-bond acceptors (Lipinski definition) is 1. The molecule has 92 valence electrons. The molecule has 1 aromatic carbocycles. The monoisotopic (exact) mass is 244 g/mol. The van der Waals surface area contributed by atoms with Gasteiger partial charge in [-0.15, -0.1) is 6.58 Å². The third kappa shape index (κ3) is 2.49. The number of carboxylic acids is 1. The molecule has 5 heteroatoms. The Bertz CT molecular complexity index is 434. The molecular weight excluding hydrogens is 233 g/mol. The number of alkyl halides is 3. The highest BCUT2D eigenvalue weighted by Gasteiger charge is 2.34. The van der Waals surface area contributed by atoms with Crippen molar-refractivity contribution in [1.29, 1.82) is 0 Å².